The third-order valence-corrected chi connectivity index (χ3v) is 2.92. The van der Waals surface area contributed by atoms with E-state index in [1.54, 1.807) is 14.2 Å². The van der Waals surface area contributed by atoms with Crippen molar-refractivity contribution in [2.75, 3.05) is 20.8 Å². The van der Waals surface area contributed by atoms with Gasteiger partial charge in [-0.25, -0.2) is 0 Å². The van der Waals surface area contributed by atoms with Crippen LogP contribution in [0.2, 0.25) is 0 Å². The molecule has 0 heterocycles. The summed E-state index contributed by atoms with van der Waals surface area (Å²) in [6.07, 6.45) is 0.788. The van der Waals surface area contributed by atoms with Gasteiger partial charge in [0.15, 0.2) is 0 Å². The Hall–Kier alpha value is -1.22. The fourth-order valence-corrected chi connectivity index (χ4v) is 1.85. The van der Waals surface area contributed by atoms with E-state index in [4.69, 9.17) is 9.47 Å². The third kappa shape index (κ3) is 3.37. The molecule has 0 aliphatic rings. The first kappa shape index (κ1) is 13.8. The van der Waals surface area contributed by atoms with Crippen LogP contribution < -0.4 is 9.47 Å². The number of aliphatic hydroxyl groups is 1. The first-order valence-corrected chi connectivity index (χ1v) is 5.76. The molecule has 0 aromatic heterocycles. The molecule has 1 rings (SSSR count). The fraction of sp³-hybridized carbons (Fsp3) is 0.571. The molecule has 0 atom stereocenters. The minimum absolute atomic E-state index is 0.134. The monoisotopic (exact) mass is 238 g/mol. The van der Waals surface area contributed by atoms with Crippen LogP contribution in [0.15, 0.2) is 12.1 Å². The first-order chi connectivity index (χ1) is 7.93. The molecule has 3 nitrogen and oxygen atoms in total. The number of ether oxygens (including phenoxy) is 2. The summed E-state index contributed by atoms with van der Waals surface area (Å²) in [6, 6.07) is 4.02. The summed E-state index contributed by atoms with van der Waals surface area (Å²) >= 11 is 0. The highest BCUT2D eigenvalue weighted by atomic mass is 16.5. The van der Waals surface area contributed by atoms with Crippen LogP contribution in [0.25, 0.3) is 0 Å². The molecule has 0 bridgehead atoms. The van der Waals surface area contributed by atoms with Crippen LogP contribution in [0.1, 0.15) is 25.0 Å². The van der Waals surface area contributed by atoms with Gasteiger partial charge in [0.25, 0.3) is 0 Å². The Labute approximate surface area is 103 Å². The second-order valence-electron chi connectivity index (χ2n) is 5.12. The number of benzene rings is 1. The van der Waals surface area contributed by atoms with E-state index in [0.29, 0.717) is 0 Å². The summed E-state index contributed by atoms with van der Waals surface area (Å²) in [5.74, 6) is 1.65. The van der Waals surface area contributed by atoms with Crippen LogP contribution in [-0.2, 0) is 6.42 Å². The molecule has 96 valence electrons. The van der Waals surface area contributed by atoms with Gasteiger partial charge in [-0.1, -0.05) is 13.8 Å². The quantitative estimate of drug-likeness (QED) is 0.857. The molecular formula is C14H22O3. The Morgan fingerprint density at radius 2 is 1.59 bits per heavy atom. The molecular weight excluding hydrogens is 216 g/mol. The van der Waals surface area contributed by atoms with Crippen molar-refractivity contribution in [3.05, 3.63) is 23.3 Å². The van der Waals surface area contributed by atoms with Gasteiger partial charge in [0.1, 0.15) is 11.5 Å². The Bertz CT molecular complexity index is 358. The second kappa shape index (κ2) is 5.41. The van der Waals surface area contributed by atoms with Crippen molar-refractivity contribution in [1.82, 2.24) is 0 Å². The zero-order chi connectivity index (χ0) is 13.1. The summed E-state index contributed by atoms with van der Waals surface area (Å²) in [5, 5.41) is 9.30. The Balaban J connectivity index is 3.09. The van der Waals surface area contributed by atoms with Crippen LogP contribution in [0.4, 0.5) is 0 Å². The lowest BCUT2D eigenvalue weighted by Gasteiger charge is -2.22. The molecule has 0 unspecified atom stereocenters. The molecule has 0 aliphatic heterocycles. The van der Waals surface area contributed by atoms with Crippen LogP contribution in [0, 0.1) is 12.3 Å². The van der Waals surface area contributed by atoms with Crippen LogP contribution in [0.3, 0.4) is 0 Å². The van der Waals surface area contributed by atoms with E-state index in [-0.39, 0.29) is 12.0 Å². The summed E-state index contributed by atoms with van der Waals surface area (Å²) in [4.78, 5) is 0. The van der Waals surface area contributed by atoms with E-state index >= 15 is 0 Å². The number of aliphatic hydroxyl groups excluding tert-OH is 1. The third-order valence-electron chi connectivity index (χ3n) is 2.92. The van der Waals surface area contributed by atoms with Crippen molar-refractivity contribution in [2.24, 2.45) is 5.41 Å². The zero-order valence-corrected chi connectivity index (χ0v) is 11.3. The Morgan fingerprint density at radius 1 is 1.12 bits per heavy atom. The molecule has 0 radical (unpaired) electrons. The van der Waals surface area contributed by atoms with E-state index in [1.165, 1.54) is 0 Å². The molecule has 1 N–H and O–H groups in total. The van der Waals surface area contributed by atoms with Gasteiger partial charge in [0.05, 0.1) is 14.2 Å². The smallest absolute Gasteiger partial charge is 0.125 e. The van der Waals surface area contributed by atoms with Crippen molar-refractivity contribution in [1.29, 1.82) is 0 Å². The van der Waals surface area contributed by atoms with Gasteiger partial charge in [-0.05, 0) is 36.5 Å². The summed E-state index contributed by atoms with van der Waals surface area (Å²) < 4.78 is 10.7. The van der Waals surface area contributed by atoms with Crippen LogP contribution >= 0.6 is 0 Å². The average molecular weight is 238 g/mol. The first-order valence-electron chi connectivity index (χ1n) is 5.76. The molecule has 0 saturated heterocycles. The van der Waals surface area contributed by atoms with E-state index in [9.17, 15) is 5.11 Å². The van der Waals surface area contributed by atoms with Crippen molar-refractivity contribution >= 4 is 0 Å². The highest BCUT2D eigenvalue weighted by Crippen LogP contribution is 2.32. The number of hydrogen-bond donors (Lipinski definition) is 1. The van der Waals surface area contributed by atoms with Gasteiger partial charge in [-0.2, -0.15) is 0 Å². The van der Waals surface area contributed by atoms with Crippen molar-refractivity contribution in [3.8, 4) is 11.5 Å². The lowest BCUT2D eigenvalue weighted by molar-refractivity contribution is 0.159. The van der Waals surface area contributed by atoms with E-state index < -0.39 is 0 Å². The number of methoxy groups -OCH3 is 2. The van der Waals surface area contributed by atoms with Crippen molar-refractivity contribution < 1.29 is 14.6 Å². The fourth-order valence-electron chi connectivity index (χ4n) is 1.85. The Kier molecular flexibility index (Phi) is 4.40. The maximum Gasteiger partial charge on any atom is 0.125 e. The average Bonchev–Trinajstić information content (AvgIpc) is 2.30. The molecule has 0 saturated carbocycles. The van der Waals surface area contributed by atoms with Crippen LogP contribution in [0.5, 0.6) is 11.5 Å². The summed E-state index contributed by atoms with van der Waals surface area (Å²) in [6.45, 7) is 6.20. The Morgan fingerprint density at radius 3 is 1.94 bits per heavy atom. The van der Waals surface area contributed by atoms with Crippen molar-refractivity contribution in [3.63, 3.8) is 0 Å². The highest BCUT2D eigenvalue weighted by molar-refractivity contribution is 5.47. The number of hydrogen-bond acceptors (Lipinski definition) is 3. The van der Waals surface area contributed by atoms with E-state index in [2.05, 4.69) is 0 Å². The molecule has 0 spiro atoms. The molecule has 3 heteroatoms. The SMILES string of the molecule is COc1cc(CC(C)(C)CO)cc(OC)c1C. The van der Waals surface area contributed by atoms with E-state index in [0.717, 1.165) is 29.0 Å². The predicted octanol–water partition coefficient (Wildman–Crippen LogP) is 2.57. The van der Waals surface area contributed by atoms with Gasteiger partial charge in [-0.3, -0.25) is 0 Å². The highest BCUT2D eigenvalue weighted by Gasteiger charge is 2.19. The zero-order valence-electron chi connectivity index (χ0n) is 11.3. The summed E-state index contributed by atoms with van der Waals surface area (Å²) in [5.41, 5.74) is 1.98. The van der Waals surface area contributed by atoms with Gasteiger partial charge in [-0.15, -0.1) is 0 Å². The maximum atomic E-state index is 9.30. The largest absolute Gasteiger partial charge is 0.496 e. The van der Waals surface area contributed by atoms with E-state index in [1.807, 2.05) is 32.9 Å². The van der Waals surface area contributed by atoms with Crippen LogP contribution in [-0.4, -0.2) is 25.9 Å². The second-order valence-corrected chi connectivity index (χ2v) is 5.12. The molecule has 0 fully saturated rings. The number of rotatable bonds is 5. The summed E-state index contributed by atoms with van der Waals surface area (Å²) in [7, 11) is 3.31. The van der Waals surface area contributed by atoms with Gasteiger partial charge in [0, 0.05) is 12.2 Å². The minimum Gasteiger partial charge on any atom is -0.496 e. The van der Waals surface area contributed by atoms with Gasteiger partial charge < -0.3 is 14.6 Å². The lowest BCUT2D eigenvalue weighted by atomic mass is 9.86. The standard InChI is InChI=1S/C14H22O3/c1-10-12(16-4)6-11(7-13(10)17-5)8-14(2,3)9-15/h6-7,15H,8-9H2,1-5H3. The molecule has 0 aliphatic carbocycles. The topological polar surface area (TPSA) is 38.7 Å². The molecule has 0 amide bonds. The molecule has 17 heavy (non-hydrogen) atoms. The predicted molar refractivity (Wildman–Crippen MR) is 68.9 cm³/mol. The van der Waals surface area contributed by atoms with Gasteiger partial charge >= 0.3 is 0 Å². The van der Waals surface area contributed by atoms with Gasteiger partial charge in [0.2, 0.25) is 0 Å². The minimum atomic E-state index is -0.134. The molecule has 1 aromatic rings. The lowest BCUT2D eigenvalue weighted by Crippen LogP contribution is -2.19. The molecule has 1 aromatic carbocycles. The normalized spacial score (nSPS) is 11.4. The van der Waals surface area contributed by atoms with Crippen molar-refractivity contribution in [2.45, 2.75) is 27.2 Å². The maximum absolute atomic E-state index is 9.30.